The molecule has 2 N–H and O–H groups in total. The van der Waals surface area contributed by atoms with Gasteiger partial charge in [0.05, 0.1) is 4.92 Å². The minimum absolute atomic E-state index is 0.0612. The molecule has 8 heteroatoms. The highest BCUT2D eigenvalue weighted by Gasteiger charge is 2.17. The van der Waals surface area contributed by atoms with Gasteiger partial charge in [-0.1, -0.05) is 11.6 Å². The number of nitrogens with one attached hydrogen (secondary N) is 2. The van der Waals surface area contributed by atoms with Crippen molar-refractivity contribution in [1.29, 1.82) is 0 Å². The van der Waals surface area contributed by atoms with Gasteiger partial charge in [-0.05, 0) is 26.8 Å². The van der Waals surface area contributed by atoms with E-state index in [1.165, 1.54) is 12.1 Å². The maximum Gasteiger partial charge on any atom is 0.311 e. The van der Waals surface area contributed by atoms with Crippen LogP contribution >= 0.6 is 11.6 Å². The number of aromatic nitrogens is 1. The molecule has 1 rings (SSSR count). The Balaban J connectivity index is 2.60. The van der Waals surface area contributed by atoms with Gasteiger partial charge in [-0.15, -0.1) is 0 Å². The Morgan fingerprint density at radius 1 is 1.45 bits per heavy atom. The highest BCUT2D eigenvalue weighted by Crippen LogP contribution is 2.23. The molecule has 0 bridgehead atoms. The van der Waals surface area contributed by atoms with Crippen molar-refractivity contribution in [3.8, 4) is 0 Å². The fraction of sp³-hybridized carbons (Fsp3) is 0.500. The minimum atomic E-state index is -0.555. The fourth-order valence-electron chi connectivity index (χ4n) is 1.48. The number of anilines is 1. The van der Waals surface area contributed by atoms with Crippen molar-refractivity contribution in [1.82, 2.24) is 10.3 Å². The molecule has 110 valence electrons. The van der Waals surface area contributed by atoms with Crippen molar-refractivity contribution in [3.63, 3.8) is 0 Å². The van der Waals surface area contributed by atoms with Crippen molar-refractivity contribution in [2.45, 2.75) is 32.7 Å². The van der Waals surface area contributed by atoms with Gasteiger partial charge in [-0.2, -0.15) is 0 Å². The largest absolute Gasteiger partial charge is 0.364 e. The zero-order chi connectivity index (χ0) is 15.3. The molecule has 1 amide bonds. The molecule has 1 heterocycles. The summed E-state index contributed by atoms with van der Waals surface area (Å²) in [5, 5.41) is 16.5. The van der Waals surface area contributed by atoms with Crippen LogP contribution in [0.4, 0.5) is 11.5 Å². The molecule has 0 radical (unpaired) electrons. The molecule has 0 saturated heterocycles. The SMILES string of the molecule is CC(C)(C)NC(=O)CCNc1nc(Cl)ccc1[N+](=O)[O-]. The van der Waals surface area contributed by atoms with Crippen LogP contribution in [0.3, 0.4) is 0 Å². The van der Waals surface area contributed by atoms with E-state index < -0.39 is 4.92 Å². The Morgan fingerprint density at radius 2 is 2.10 bits per heavy atom. The first-order valence-corrected chi connectivity index (χ1v) is 6.42. The number of halogens is 1. The monoisotopic (exact) mass is 300 g/mol. The van der Waals surface area contributed by atoms with E-state index >= 15 is 0 Å². The number of amides is 1. The first kappa shape index (κ1) is 16.2. The second kappa shape index (κ2) is 6.51. The lowest BCUT2D eigenvalue weighted by atomic mass is 10.1. The molecule has 0 aliphatic rings. The standard InChI is InChI=1S/C12H17ClN4O3/c1-12(2,3)16-10(18)6-7-14-11-8(17(19)20)4-5-9(13)15-11/h4-5H,6-7H2,1-3H3,(H,14,15)(H,16,18). The highest BCUT2D eigenvalue weighted by molar-refractivity contribution is 6.29. The second-order valence-electron chi connectivity index (χ2n) is 5.23. The Morgan fingerprint density at radius 3 is 2.65 bits per heavy atom. The van der Waals surface area contributed by atoms with E-state index in [4.69, 9.17) is 11.6 Å². The molecule has 7 nitrogen and oxygen atoms in total. The zero-order valence-electron chi connectivity index (χ0n) is 11.6. The third-order valence-corrected chi connectivity index (χ3v) is 2.41. The molecule has 0 aliphatic heterocycles. The number of nitrogens with zero attached hydrogens (tertiary/aromatic N) is 2. The molecule has 0 unspecified atom stereocenters. The van der Waals surface area contributed by atoms with Gasteiger partial charge in [-0.25, -0.2) is 4.98 Å². The van der Waals surface area contributed by atoms with Crippen molar-refractivity contribution in [3.05, 3.63) is 27.4 Å². The summed E-state index contributed by atoms with van der Waals surface area (Å²) in [6.45, 7) is 5.86. The van der Waals surface area contributed by atoms with Gasteiger partial charge >= 0.3 is 5.69 Å². The summed E-state index contributed by atoms with van der Waals surface area (Å²) < 4.78 is 0. The van der Waals surface area contributed by atoms with Crippen molar-refractivity contribution >= 4 is 29.0 Å². The Kier molecular flexibility index (Phi) is 5.26. The molecule has 20 heavy (non-hydrogen) atoms. The molecule has 0 fully saturated rings. The van der Waals surface area contributed by atoms with Crippen LogP contribution in [0.15, 0.2) is 12.1 Å². The number of rotatable bonds is 5. The van der Waals surface area contributed by atoms with Crippen LogP contribution in [0.5, 0.6) is 0 Å². The van der Waals surface area contributed by atoms with Crippen molar-refractivity contribution in [2.75, 3.05) is 11.9 Å². The smallest absolute Gasteiger partial charge is 0.311 e. The lowest BCUT2D eigenvalue weighted by molar-refractivity contribution is -0.384. The van der Waals surface area contributed by atoms with Crippen LogP contribution in [-0.4, -0.2) is 27.9 Å². The van der Waals surface area contributed by atoms with Gasteiger partial charge in [0.1, 0.15) is 5.15 Å². The summed E-state index contributed by atoms with van der Waals surface area (Å²) in [5.74, 6) is -0.0826. The van der Waals surface area contributed by atoms with E-state index in [9.17, 15) is 14.9 Å². The molecular formula is C12H17ClN4O3. The normalized spacial score (nSPS) is 11.0. The first-order valence-electron chi connectivity index (χ1n) is 6.05. The molecule has 1 aromatic rings. The van der Waals surface area contributed by atoms with E-state index in [1.54, 1.807) is 0 Å². The maximum absolute atomic E-state index is 11.6. The Bertz CT molecular complexity index is 514. The Labute approximate surface area is 121 Å². The summed E-state index contributed by atoms with van der Waals surface area (Å²) >= 11 is 5.70. The molecule has 0 aromatic carbocycles. The number of nitro groups is 1. The first-order chi connectivity index (χ1) is 9.19. The van der Waals surface area contributed by atoms with Crippen LogP contribution in [0.25, 0.3) is 0 Å². The average Bonchev–Trinajstić information content (AvgIpc) is 2.26. The fourth-order valence-corrected chi connectivity index (χ4v) is 1.63. The van der Waals surface area contributed by atoms with Gasteiger partial charge < -0.3 is 10.6 Å². The van der Waals surface area contributed by atoms with Crippen LogP contribution in [0.2, 0.25) is 5.15 Å². The van der Waals surface area contributed by atoms with E-state index in [0.29, 0.717) is 0 Å². The predicted octanol–water partition coefficient (Wildman–Crippen LogP) is 2.36. The van der Waals surface area contributed by atoms with Gasteiger partial charge in [-0.3, -0.25) is 14.9 Å². The van der Waals surface area contributed by atoms with Crippen molar-refractivity contribution in [2.24, 2.45) is 0 Å². The maximum atomic E-state index is 11.6. The number of hydrogen-bond donors (Lipinski definition) is 2. The molecule has 0 spiro atoms. The van der Waals surface area contributed by atoms with E-state index in [1.807, 2.05) is 20.8 Å². The number of pyridine rings is 1. The van der Waals surface area contributed by atoms with Crippen LogP contribution in [0.1, 0.15) is 27.2 Å². The Hall–Kier alpha value is -1.89. The van der Waals surface area contributed by atoms with Crippen molar-refractivity contribution < 1.29 is 9.72 Å². The number of carbonyl (C=O) groups excluding carboxylic acids is 1. The second-order valence-corrected chi connectivity index (χ2v) is 5.62. The van der Waals surface area contributed by atoms with Gasteiger partial charge in [0.2, 0.25) is 11.7 Å². The zero-order valence-corrected chi connectivity index (χ0v) is 12.3. The summed E-state index contributed by atoms with van der Waals surface area (Å²) in [4.78, 5) is 25.7. The topological polar surface area (TPSA) is 97.2 Å². The third-order valence-electron chi connectivity index (χ3n) is 2.20. The number of hydrogen-bond acceptors (Lipinski definition) is 5. The van der Waals surface area contributed by atoms with E-state index in [0.717, 1.165) is 0 Å². The summed E-state index contributed by atoms with van der Waals surface area (Å²) in [6, 6.07) is 2.62. The summed E-state index contributed by atoms with van der Waals surface area (Å²) in [6.07, 6.45) is 0.183. The highest BCUT2D eigenvalue weighted by atomic mass is 35.5. The predicted molar refractivity (Wildman–Crippen MR) is 76.9 cm³/mol. The average molecular weight is 301 g/mol. The van der Waals surface area contributed by atoms with Gasteiger partial charge in [0.25, 0.3) is 0 Å². The lowest BCUT2D eigenvalue weighted by Crippen LogP contribution is -2.41. The van der Waals surface area contributed by atoms with E-state index in [-0.39, 0.29) is 41.1 Å². The van der Waals surface area contributed by atoms with Gasteiger partial charge in [0.15, 0.2) is 0 Å². The molecule has 0 saturated carbocycles. The summed E-state index contributed by atoms with van der Waals surface area (Å²) in [7, 11) is 0. The molecular weight excluding hydrogens is 284 g/mol. The quantitative estimate of drug-likeness (QED) is 0.494. The molecule has 0 atom stereocenters. The minimum Gasteiger partial charge on any atom is -0.364 e. The molecule has 0 aliphatic carbocycles. The third kappa shape index (κ3) is 5.40. The van der Waals surface area contributed by atoms with Crippen LogP contribution < -0.4 is 10.6 Å². The van der Waals surface area contributed by atoms with Crippen LogP contribution in [0, 0.1) is 10.1 Å². The molecule has 1 aromatic heterocycles. The van der Waals surface area contributed by atoms with E-state index in [2.05, 4.69) is 15.6 Å². The van der Waals surface area contributed by atoms with Gasteiger partial charge in [0, 0.05) is 24.6 Å². The lowest BCUT2D eigenvalue weighted by Gasteiger charge is -2.20. The number of carbonyl (C=O) groups is 1. The van der Waals surface area contributed by atoms with Crippen LogP contribution in [-0.2, 0) is 4.79 Å². The summed E-state index contributed by atoms with van der Waals surface area (Å²) in [5.41, 5.74) is -0.483.